The quantitative estimate of drug-likeness (QED) is 0.757. The zero-order valence-corrected chi connectivity index (χ0v) is 12.9. The first-order chi connectivity index (χ1) is 8.35. The van der Waals surface area contributed by atoms with E-state index in [1.54, 1.807) is 18.2 Å². The van der Waals surface area contributed by atoms with E-state index in [1.165, 1.54) is 7.11 Å². The van der Waals surface area contributed by atoms with E-state index < -0.39 is 10.0 Å². The number of sulfonamides is 1. The Balaban J connectivity index is 3.01. The van der Waals surface area contributed by atoms with Gasteiger partial charge in [0.05, 0.1) is 18.0 Å². The third kappa shape index (κ3) is 4.52. The second-order valence-electron chi connectivity index (χ2n) is 3.47. The van der Waals surface area contributed by atoms with Gasteiger partial charge in [-0.25, -0.2) is 8.42 Å². The fourth-order valence-electron chi connectivity index (χ4n) is 1.22. The summed E-state index contributed by atoms with van der Waals surface area (Å²) in [5.41, 5.74) is 6.39. The van der Waals surface area contributed by atoms with Gasteiger partial charge in [0.1, 0.15) is 4.99 Å². The van der Waals surface area contributed by atoms with Crippen molar-refractivity contribution in [2.45, 2.75) is 0 Å². The van der Waals surface area contributed by atoms with Gasteiger partial charge < -0.3 is 10.5 Å². The zero-order chi connectivity index (χ0) is 13.8. The van der Waals surface area contributed by atoms with Crippen molar-refractivity contribution in [3.05, 3.63) is 28.2 Å². The second kappa shape index (κ2) is 6.46. The van der Waals surface area contributed by atoms with Crippen LogP contribution in [0.5, 0.6) is 0 Å². The molecule has 0 unspecified atom stereocenters. The Hall–Kier alpha value is -0.700. The number of hydrogen-bond donors (Lipinski definition) is 2. The van der Waals surface area contributed by atoms with Crippen molar-refractivity contribution in [3.8, 4) is 0 Å². The predicted molar refractivity (Wildman–Crippen MR) is 79.3 cm³/mol. The topological polar surface area (TPSA) is 81.4 Å². The Morgan fingerprint density at radius 1 is 1.56 bits per heavy atom. The minimum absolute atomic E-state index is 0.119. The molecule has 8 heteroatoms. The van der Waals surface area contributed by atoms with Crippen molar-refractivity contribution in [2.75, 3.05) is 24.2 Å². The molecular formula is C10H13BrN2O3S2. The van der Waals surface area contributed by atoms with Crippen LogP contribution in [-0.2, 0) is 14.8 Å². The summed E-state index contributed by atoms with van der Waals surface area (Å²) in [7, 11) is -2.03. The lowest BCUT2D eigenvalue weighted by Crippen LogP contribution is -2.22. The molecule has 0 saturated carbocycles. The second-order valence-corrected chi connectivity index (χ2v) is 6.67. The maximum Gasteiger partial charge on any atom is 0.235 e. The highest BCUT2D eigenvalue weighted by atomic mass is 79.9. The van der Waals surface area contributed by atoms with Gasteiger partial charge in [0, 0.05) is 17.1 Å². The molecule has 0 radical (unpaired) electrons. The van der Waals surface area contributed by atoms with Crippen molar-refractivity contribution < 1.29 is 13.2 Å². The summed E-state index contributed by atoms with van der Waals surface area (Å²) >= 11 is 8.16. The standard InChI is InChI=1S/C10H13BrN2O3S2/c1-16-4-5-18(14,15)13-9-3-2-7(11)6-8(9)10(12)17/h2-3,6,13H,4-5H2,1H3,(H2,12,17). The average molecular weight is 353 g/mol. The zero-order valence-electron chi connectivity index (χ0n) is 9.64. The van der Waals surface area contributed by atoms with Crippen LogP contribution in [0.4, 0.5) is 5.69 Å². The number of nitrogens with two attached hydrogens (primary N) is 1. The van der Waals surface area contributed by atoms with Gasteiger partial charge in [-0.2, -0.15) is 0 Å². The summed E-state index contributed by atoms with van der Waals surface area (Å²) in [4.78, 5) is 0.126. The summed E-state index contributed by atoms with van der Waals surface area (Å²) in [6, 6.07) is 4.97. The number of thiocarbonyl (C=S) groups is 1. The number of methoxy groups -OCH3 is 1. The van der Waals surface area contributed by atoms with Gasteiger partial charge in [0.2, 0.25) is 10.0 Å². The molecule has 0 spiro atoms. The third-order valence-corrected chi connectivity index (χ3v) is 4.02. The smallest absolute Gasteiger partial charge is 0.235 e. The molecule has 5 nitrogen and oxygen atoms in total. The Morgan fingerprint density at radius 2 is 2.22 bits per heavy atom. The van der Waals surface area contributed by atoms with Gasteiger partial charge in [0.25, 0.3) is 0 Å². The summed E-state index contributed by atoms with van der Waals surface area (Å²) < 4.78 is 31.4. The molecule has 1 aromatic rings. The van der Waals surface area contributed by atoms with E-state index in [0.717, 1.165) is 4.47 Å². The molecule has 0 aliphatic heterocycles. The van der Waals surface area contributed by atoms with Gasteiger partial charge in [-0.15, -0.1) is 0 Å². The SMILES string of the molecule is COCCS(=O)(=O)Nc1ccc(Br)cc1C(N)=S. The monoisotopic (exact) mass is 352 g/mol. The van der Waals surface area contributed by atoms with Crippen LogP contribution in [-0.4, -0.2) is 32.9 Å². The van der Waals surface area contributed by atoms with Gasteiger partial charge in [-0.05, 0) is 18.2 Å². The Labute approximate surface area is 120 Å². The van der Waals surface area contributed by atoms with E-state index in [2.05, 4.69) is 20.7 Å². The van der Waals surface area contributed by atoms with Crippen LogP contribution in [0.2, 0.25) is 0 Å². The number of hydrogen-bond acceptors (Lipinski definition) is 4. The molecule has 18 heavy (non-hydrogen) atoms. The van der Waals surface area contributed by atoms with Crippen molar-refractivity contribution in [2.24, 2.45) is 5.73 Å². The van der Waals surface area contributed by atoms with E-state index in [9.17, 15) is 8.42 Å². The number of benzene rings is 1. The first-order valence-corrected chi connectivity index (χ1v) is 7.80. The van der Waals surface area contributed by atoms with E-state index in [-0.39, 0.29) is 17.3 Å². The molecule has 1 aromatic carbocycles. The summed E-state index contributed by atoms with van der Waals surface area (Å²) in [6.45, 7) is 0.119. The van der Waals surface area contributed by atoms with Gasteiger partial charge in [-0.3, -0.25) is 4.72 Å². The average Bonchev–Trinajstić information content (AvgIpc) is 2.28. The Kier molecular flexibility index (Phi) is 5.51. The van der Waals surface area contributed by atoms with Crippen LogP contribution in [0.3, 0.4) is 0 Å². The lowest BCUT2D eigenvalue weighted by atomic mass is 10.2. The number of ether oxygens (including phenoxy) is 1. The maximum absolute atomic E-state index is 11.7. The molecular weight excluding hydrogens is 340 g/mol. The van der Waals surface area contributed by atoms with Crippen molar-refractivity contribution in [3.63, 3.8) is 0 Å². The van der Waals surface area contributed by atoms with Crippen LogP contribution >= 0.6 is 28.1 Å². The van der Waals surface area contributed by atoms with E-state index >= 15 is 0 Å². The molecule has 0 aromatic heterocycles. The minimum Gasteiger partial charge on any atom is -0.389 e. The number of anilines is 1. The van der Waals surface area contributed by atoms with Crippen LogP contribution in [0, 0.1) is 0 Å². The molecule has 0 saturated heterocycles. The molecule has 0 atom stereocenters. The fourth-order valence-corrected chi connectivity index (χ4v) is 2.75. The molecule has 1 rings (SSSR count). The number of halogens is 1. The van der Waals surface area contributed by atoms with Crippen molar-refractivity contribution in [1.82, 2.24) is 0 Å². The van der Waals surface area contributed by atoms with Crippen molar-refractivity contribution >= 4 is 48.8 Å². The molecule has 0 fully saturated rings. The molecule has 0 aliphatic carbocycles. The van der Waals surface area contributed by atoms with Crippen LogP contribution < -0.4 is 10.5 Å². The number of nitrogens with one attached hydrogen (secondary N) is 1. The Bertz CT molecular complexity index is 546. The largest absolute Gasteiger partial charge is 0.389 e. The first-order valence-electron chi connectivity index (χ1n) is 4.94. The van der Waals surface area contributed by atoms with Crippen molar-refractivity contribution in [1.29, 1.82) is 0 Å². The molecule has 0 bridgehead atoms. The highest BCUT2D eigenvalue weighted by molar-refractivity contribution is 9.10. The normalized spacial score (nSPS) is 11.2. The summed E-state index contributed by atoms with van der Waals surface area (Å²) in [5.74, 6) is -0.129. The summed E-state index contributed by atoms with van der Waals surface area (Å²) in [5, 5.41) is 0. The lowest BCUT2D eigenvalue weighted by molar-refractivity contribution is 0.217. The Morgan fingerprint density at radius 3 is 2.78 bits per heavy atom. The van der Waals surface area contributed by atoms with Crippen LogP contribution in [0.1, 0.15) is 5.56 Å². The van der Waals surface area contributed by atoms with Crippen LogP contribution in [0.25, 0.3) is 0 Å². The molecule has 0 aliphatic rings. The van der Waals surface area contributed by atoms with E-state index in [0.29, 0.717) is 11.3 Å². The lowest BCUT2D eigenvalue weighted by Gasteiger charge is -2.12. The fraction of sp³-hybridized carbons (Fsp3) is 0.300. The van der Waals surface area contributed by atoms with Gasteiger partial charge in [-0.1, -0.05) is 28.1 Å². The predicted octanol–water partition coefficient (Wildman–Crippen LogP) is 1.47. The van der Waals surface area contributed by atoms with E-state index in [4.69, 9.17) is 22.7 Å². The van der Waals surface area contributed by atoms with Crippen LogP contribution in [0.15, 0.2) is 22.7 Å². The van der Waals surface area contributed by atoms with E-state index in [1.807, 2.05) is 0 Å². The maximum atomic E-state index is 11.7. The molecule has 100 valence electrons. The van der Waals surface area contributed by atoms with Gasteiger partial charge in [0.15, 0.2) is 0 Å². The minimum atomic E-state index is -3.47. The molecule has 3 N–H and O–H groups in total. The molecule has 0 amide bonds. The first kappa shape index (κ1) is 15.4. The van der Waals surface area contributed by atoms with Gasteiger partial charge >= 0.3 is 0 Å². The third-order valence-electron chi connectivity index (χ3n) is 2.07. The molecule has 0 heterocycles. The summed E-state index contributed by atoms with van der Waals surface area (Å²) in [6.07, 6.45) is 0. The number of rotatable bonds is 6. The highest BCUT2D eigenvalue weighted by Gasteiger charge is 2.14. The highest BCUT2D eigenvalue weighted by Crippen LogP contribution is 2.22.